The lowest BCUT2D eigenvalue weighted by Crippen LogP contribution is -2.19. The number of benzene rings is 1. The maximum Gasteiger partial charge on any atom is 0.337 e. The van der Waals surface area contributed by atoms with Crippen LogP contribution >= 0.6 is 0 Å². The summed E-state index contributed by atoms with van der Waals surface area (Å²) in [6, 6.07) is 13.6. The van der Waals surface area contributed by atoms with Crippen LogP contribution in [0.15, 0.2) is 42.5 Å². The van der Waals surface area contributed by atoms with Crippen molar-refractivity contribution in [2.45, 2.75) is 52.4 Å². The second kappa shape index (κ2) is 11.3. The summed E-state index contributed by atoms with van der Waals surface area (Å²) in [6.45, 7) is 3.64. The van der Waals surface area contributed by atoms with E-state index in [0.717, 1.165) is 37.5 Å². The number of aliphatic hydroxyl groups is 1. The topological polar surface area (TPSA) is 102 Å². The van der Waals surface area contributed by atoms with E-state index in [-0.39, 0.29) is 6.61 Å². The molecule has 0 aliphatic rings. The molecule has 0 bridgehead atoms. The minimum absolute atomic E-state index is 0.243. The molecular weight excluding hydrogens is 394 g/mol. The van der Waals surface area contributed by atoms with Gasteiger partial charge >= 0.3 is 5.97 Å². The number of aliphatic hydroxyl groups excluding tert-OH is 1. The van der Waals surface area contributed by atoms with Gasteiger partial charge in [-0.15, -0.1) is 10.2 Å². The number of hydrogen-bond donors (Lipinski definition) is 2. The Hall–Kier alpha value is -3.10. The van der Waals surface area contributed by atoms with Crippen LogP contribution in [0.4, 0.5) is 0 Å². The molecule has 8 heteroatoms. The van der Waals surface area contributed by atoms with Crippen LogP contribution in [0.5, 0.6) is 0 Å². The van der Waals surface area contributed by atoms with Crippen LogP contribution in [0.25, 0.3) is 0 Å². The molecule has 2 heterocycles. The Labute approximate surface area is 182 Å². The SMILES string of the molecule is CCc1nnc(CNCc2cc(C(=O)OC)cc(CO)n2)n1CCCc1ccccc1. The van der Waals surface area contributed by atoms with E-state index in [9.17, 15) is 9.90 Å². The van der Waals surface area contributed by atoms with Gasteiger partial charge in [0.2, 0.25) is 0 Å². The Balaban J connectivity index is 1.61. The summed E-state index contributed by atoms with van der Waals surface area (Å²) in [5, 5.41) is 21.4. The Morgan fingerprint density at radius 3 is 2.55 bits per heavy atom. The van der Waals surface area contributed by atoms with E-state index in [2.05, 4.69) is 56.3 Å². The average molecular weight is 424 g/mol. The van der Waals surface area contributed by atoms with Gasteiger partial charge in [0.05, 0.1) is 37.2 Å². The maximum atomic E-state index is 11.8. The van der Waals surface area contributed by atoms with E-state index in [1.807, 2.05) is 6.07 Å². The molecular formula is C23H29N5O3. The lowest BCUT2D eigenvalue weighted by Gasteiger charge is -2.11. The summed E-state index contributed by atoms with van der Waals surface area (Å²) in [7, 11) is 1.33. The van der Waals surface area contributed by atoms with E-state index in [4.69, 9.17) is 4.74 Å². The number of nitrogens with one attached hydrogen (secondary N) is 1. The molecule has 8 nitrogen and oxygen atoms in total. The number of aromatic nitrogens is 4. The zero-order valence-corrected chi connectivity index (χ0v) is 18.0. The molecule has 0 spiro atoms. The quantitative estimate of drug-likeness (QED) is 0.457. The van der Waals surface area contributed by atoms with Gasteiger partial charge in [0.1, 0.15) is 11.6 Å². The van der Waals surface area contributed by atoms with Gasteiger partial charge in [0, 0.05) is 19.5 Å². The third kappa shape index (κ3) is 6.19. The highest BCUT2D eigenvalue weighted by Crippen LogP contribution is 2.11. The van der Waals surface area contributed by atoms with Crippen molar-refractivity contribution in [1.82, 2.24) is 25.1 Å². The van der Waals surface area contributed by atoms with Crippen LogP contribution < -0.4 is 5.32 Å². The van der Waals surface area contributed by atoms with E-state index in [1.54, 1.807) is 6.07 Å². The van der Waals surface area contributed by atoms with Gasteiger partial charge < -0.3 is 19.7 Å². The van der Waals surface area contributed by atoms with Crippen LogP contribution in [0.1, 0.15) is 52.3 Å². The first-order valence-corrected chi connectivity index (χ1v) is 10.5. The molecule has 0 saturated heterocycles. The van der Waals surface area contributed by atoms with Crippen molar-refractivity contribution in [2.75, 3.05) is 7.11 Å². The number of carbonyl (C=O) groups excluding carboxylic acids is 1. The lowest BCUT2D eigenvalue weighted by atomic mass is 10.1. The van der Waals surface area contributed by atoms with Crippen LogP contribution in [-0.4, -0.2) is 37.9 Å². The number of nitrogens with zero attached hydrogens (tertiary/aromatic N) is 4. The Morgan fingerprint density at radius 2 is 1.84 bits per heavy atom. The van der Waals surface area contributed by atoms with Gasteiger partial charge in [-0.25, -0.2) is 4.79 Å². The number of pyridine rings is 1. The van der Waals surface area contributed by atoms with Crippen LogP contribution in [-0.2, 0) is 43.8 Å². The molecule has 0 atom stereocenters. The number of carbonyl (C=O) groups is 1. The smallest absolute Gasteiger partial charge is 0.337 e. The molecule has 1 aromatic carbocycles. The fraction of sp³-hybridized carbons (Fsp3) is 0.391. The molecule has 2 N–H and O–H groups in total. The molecule has 31 heavy (non-hydrogen) atoms. The number of hydrogen-bond acceptors (Lipinski definition) is 7. The van der Waals surface area contributed by atoms with E-state index < -0.39 is 5.97 Å². The van der Waals surface area contributed by atoms with Crippen molar-refractivity contribution in [1.29, 1.82) is 0 Å². The highest BCUT2D eigenvalue weighted by Gasteiger charge is 2.12. The highest BCUT2D eigenvalue weighted by molar-refractivity contribution is 5.89. The summed E-state index contributed by atoms with van der Waals surface area (Å²) in [6.07, 6.45) is 2.83. The molecule has 0 amide bonds. The van der Waals surface area contributed by atoms with Crippen molar-refractivity contribution >= 4 is 5.97 Å². The van der Waals surface area contributed by atoms with Crippen LogP contribution in [0, 0.1) is 0 Å². The summed E-state index contributed by atoms with van der Waals surface area (Å²) in [5.74, 6) is 1.39. The largest absolute Gasteiger partial charge is 0.465 e. The third-order valence-corrected chi connectivity index (χ3v) is 5.01. The minimum atomic E-state index is -0.455. The van der Waals surface area contributed by atoms with Crippen LogP contribution in [0.3, 0.4) is 0 Å². The molecule has 0 fully saturated rings. The van der Waals surface area contributed by atoms with Crippen molar-refractivity contribution in [2.24, 2.45) is 0 Å². The summed E-state index contributed by atoms with van der Waals surface area (Å²) < 4.78 is 6.95. The molecule has 0 aliphatic carbocycles. The molecule has 3 rings (SSSR count). The molecule has 164 valence electrons. The minimum Gasteiger partial charge on any atom is -0.465 e. The molecule has 0 saturated carbocycles. The van der Waals surface area contributed by atoms with Gasteiger partial charge in [-0.2, -0.15) is 0 Å². The second-order valence-electron chi connectivity index (χ2n) is 7.22. The number of methoxy groups -OCH3 is 1. The van der Waals surface area contributed by atoms with Gasteiger partial charge in [0.25, 0.3) is 0 Å². The van der Waals surface area contributed by atoms with Gasteiger partial charge in [0.15, 0.2) is 0 Å². The van der Waals surface area contributed by atoms with E-state index in [0.29, 0.717) is 30.0 Å². The predicted molar refractivity (Wildman–Crippen MR) is 116 cm³/mol. The monoisotopic (exact) mass is 423 g/mol. The summed E-state index contributed by atoms with van der Waals surface area (Å²) in [4.78, 5) is 16.2. The summed E-state index contributed by atoms with van der Waals surface area (Å²) >= 11 is 0. The van der Waals surface area contributed by atoms with Gasteiger partial charge in [-0.1, -0.05) is 37.3 Å². The van der Waals surface area contributed by atoms with E-state index in [1.165, 1.54) is 18.7 Å². The highest BCUT2D eigenvalue weighted by atomic mass is 16.5. The van der Waals surface area contributed by atoms with Crippen molar-refractivity contribution in [3.63, 3.8) is 0 Å². The number of aryl methyl sites for hydroxylation is 2. The molecule has 3 aromatic rings. The first-order valence-electron chi connectivity index (χ1n) is 10.5. The van der Waals surface area contributed by atoms with Gasteiger partial charge in [-0.05, 0) is 30.5 Å². The average Bonchev–Trinajstić information content (AvgIpc) is 3.20. The van der Waals surface area contributed by atoms with Gasteiger partial charge in [-0.3, -0.25) is 4.98 Å². The van der Waals surface area contributed by atoms with Crippen molar-refractivity contribution in [3.8, 4) is 0 Å². The zero-order valence-electron chi connectivity index (χ0n) is 18.0. The third-order valence-electron chi connectivity index (χ3n) is 5.01. The number of esters is 1. The standard InChI is InChI=1S/C23H29N5O3/c1-3-21-26-27-22(28(21)11-7-10-17-8-5-4-6-9-17)15-24-14-19-12-18(23(30)31-2)13-20(16-29)25-19/h4-6,8-9,12-13,24,29H,3,7,10-11,14-16H2,1-2H3. The predicted octanol–water partition coefficient (Wildman–Crippen LogP) is 2.44. The van der Waals surface area contributed by atoms with Crippen molar-refractivity contribution in [3.05, 3.63) is 76.6 Å². The summed E-state index contributed by atoms with van der Waals surface area (Å²) in [5.41, 5.74) is 2.77. The fourth-order valence-corrected chi connectivity index (χ4v) is 3.47. The zero-order chi connectivity index (χ0) is 22.1. The Bertz CT molecular complexity index is 988. The molecule has 2 aromatic heterocycles. The second-order valence-corrected chi connectivity index (χ2v) is 7.22. The Kier molecular flexibility index (Phi) is 8.26. The number of ether oxygens (including phenoxy) is 1. The maximum absolute atomic E-state index is 11.8. The molecule has 0 aliphatic heterocycles. The number of rotatable bonds is 11. The van der Waals surface area contributed by atoms with E-state index >= 15 is 0 Å². The first kappa shape index (κ1) is 22.6. The normalized spacial score (nSPS) is 10.9. The lowest BCUT2D eigenvalue weighted by molar-refractivity contribution is 0.0600. The van der Waals surface area contributed by atoms with Crippen molar-refractivity contribution < 1.29 is 14.6 Å². The fourth-order valence-electron chi connectivity index (χ4n) is 3.47. The van der Waals surface area contributed by atoms with Crippen LogP contribution in [0.2, 0.25) is 0 Å². The first-order chi connectivity index (χ1) is 15.1. The Morgan fingerprint density at radius 1 is 1.10 bits per heavy atom. The molecule has 0 radical (unpaired) electrons. The molecule has 0 unspecified atom stereocenters.